The van der Waals surface area contributed by atoms with Crippen molar-refractivity contribution in [1.29, 1.82) is 0 Å². The van der Waals surface area contributed by atoms with Crippen molar-refractivity contribution in [3.8, 4) is 5.75 Å². The van der Waals surface area contributed by atoms with Crippen LogP contribution in [0.15, 0.2) is 41.7 Å². The molecule has 1 saturated heterocycles. The molecule has 0 bridgehead atoms. The van der Waals surface area contributed by atoms with Gasteiger partial charge in [0.15, 0.2) is 0 Å². The lowest BCUT2D eigenvalue weighted by Crippen LogP contribution is -2.38. The summed E-state index contributed by atoms with van der Waals surface area (Å²) in [5, 5.41) is 6.88. The first kappa shape index (κ1) is 22.5. The van der Waals surface area contributed by atoms with E-state index in [1.165, 1.54) is 6.33 Å². The molecule has 0 saturated carbocycles. The van der Waals surface area contributed by atoms with E-state index >= 15 is 0 Å². The highest BCUT2D eigenvalue weighted by atomic mass is 16.5. The maximum Gasteiger partial charge on any atom is 0.255 e. The normalized spacial score (nSPS) is 13.7. The second kappa shape index (κ2) is 10.7. The second-order valence-corrected chi connectivity index (χ2v) is 7.64. The number of ether oxygens (including phenoxy) is 2. The fraction of sp³-hybridized carbons (Fsp3) is 0.409. The minimum atomic E-state index is -0.209. The zero-order chi connectivity index (χ0) is 23.0. The number of anilines is 2. The van der Waals surface area contributed by atoms with Gasteiger partial charge in [0.25, 0.3) is 5.56 Å². The summed E-state index contributed by atoms with van der Waals surface area (Å²) < 4.78 is 12.7. The predicted octanol–water partition coefficient (Wildman–Crippen LogP) is 1.16. The third-order valence-corrected chi connectivity index (χ3v) is 5.30. The van der Waals surface area contributed by atoms with Gasteiger partial charge in [0.2, 0.25) is 11.9 Å². The quantitative estimate of drug-likeness (QED) is 0.494. The first-order valence-electron chi connectivity index (χ1n) is 10.9. The van der Waals surface area contributed by atoms with E-state index < -0.39 is 0 Å². The summed E-state index contributed by atoms with van der Waals surface area (Å²) in [6.07, 6.45) is 3.57. The first-order valence-corrected chi connectivity index (χ1v) is 10.9. The lowest BCUT2D eigenvalue weighted by atomic mass is 10.1. The monoisotopic (exact) mass is 453 g/mol. The molecule has 0 radical (unpaired) electrons. The number of aromatic amines is 1. The third kappa shape index (κ3) is 6.16. The Bertz CT molecular complexity index is 1120. The van der Waals surface area contributed by atoms with Gasteiger partial charge in [-0.1, -0.05) is 6.07 Å². The van der Waals surface area contributed by atoms with Gasteiger partial charge in [0, 0.05) is 42.5 Å². The first-order chi connectivity index (χ1) is 16.1. The topological polar surface area (TPSA) is 127 Å². The summed E-state index contributed by atoms with van der Waals surface area (Å²) in [6.45, 7) is 5.39. The zero-order valence-electron chi connectivity index (χ0n) is 18.5. The Morgan fingerprint density at radius 3 is 2.91 bits per heavy atom. The SMILES string of the molecule is Cc1nc(N2CCOCC2)[nH]c(=O)c1CCC(=O)Nc1cccc(OCCn2cncn2)c1. The van der Waals surface area contributed by atoms with E-state index in [2.05, 4.69) is 25.4 Å². The number of carbonyl (C=O) groups is 1. The summed E-state index contributed by atoms with van der Waals surface area (Å²) in [5.74, 6) is 1.00. The van der Waals surface area contributed by atoms with Crippen LogP contribution in [0, 0.1) is 6.92 Å². The van der Waals surface area contributed by atoms with Crippen LogP contribution in [0.2, 0.25) is 0 Å². The molecule has 0 unspecified atom stereocenters. The maximum absolute atomic E-state index is 12.6. The number of amides is 1. The van der Waals surface area contributed by atoms with Crippen molar-refractivity contribution in [2.24, 2.45) is 0 Å². The lowest BCUT2D eigenvalue weighted by Gasteiger charge is -2.27. The van der Waals surface area contributed by atoms with E-state index in [4.69, 9.17) is 9.47 Å². The molecule has 3 heterocycles. The molecule has 1 aliphatic rings. The number of H-pyrrole nitrogens is 1. The summed E-state index contributed by atoms with van der Waals surface area (Å²) in [6, 6.07) is 7.18. The van der Waals surface area contributed by atoms with Crippen molar-refractivity contribution < 1.29 is 14.3 Å². The van der Waals surface area contributed by atoms with Crippen LogP contribution in [0.5, 0.6) is 5.75 Å². The van der Waals surface area contributed by atoms with E-state index in [0.717, 1.165) is 0 Å². The fourth-order valence-corrected chi connectivity index (χ4v) is 3.55. The van der Waals surface area contributed by atoms with Crippen LogP contribution >= 0.6 is 0 Å². The van der Waals surface area contributed by atoms with Crippen LogP contribution in [0.4, 0.5) is 11.6 Å². The largest absolute Gasteiger partial charge is 0.492 e. The molecular formula is C22H27N7O4. The third-order valence-electron chi connectivity index (χ3n) is 5.30. The number of hydrogen-bond donors (Lipinski definition) is 2. The van der Waals surface area contributed by atoms with Gasteiger partial charge < -0.3 is 19.7 Å². The van der Waals surface area contributed by atoms with Crippen molar-refractivity contribution in [3.63, 3.8) is 0 Å². The average Bonchev–Trinajstić information content (AvgIpc) is 3.33. The summed E-state index contributed by atoms with van der Waals surface area (Å²) >= 11 is 0. The Kier molecular flexibility index (Phi) is 7.30. The van der Waals surface area contributed by atoms with Gasteiger partial charge in [0.1, 0.15) is 25.0 Å². The molecule has 1 amide bonds. The molecule has 1 aromatic carbocycles. The van der Waals surface area contributed by atoms with Gasteiger partial charge in [-0.25, -0.2) is 14.6 Å². The van der Waals surface area contributed by atoms with Gasteiger partial charge in [-0.2, -0.15) is 5.10 Å². The van der Waals surface area contributed by atoms with E-state index in [-0.39, 0.29) is 17.9 Å². The standard InChI is InChI=1S/C22H27N7O4/c1-16-19(21(31)27-22(25-16)28-7-10-32-11-8-28)5-6-20(30)26-17-3-2-4-18(13-17)33-12-9-29-15-23-14-24-29/h2-4,13-15H,5-12H2,1H3,(H,26,30)(H,25,27,31). The molecular weight excluding hydrogens is 426 g/mol. The minimum absolute atomic E-state index is 0.167. The van der Waals surface area contributed by atoms with Gasteiger partial charge in [-0.05, 0) is 25.5 Å². The zero-order valence-corrected chi connectivity index (χ0v) is 18.5. The molecule has 33 heavy (non-hydrogen) atoms. The highest BCUT2D eigenvalue weighted by Gasteiger charge is 2.17. The highest BCUT2D eigenvalue weighted by Crippen LogP contribution is 2.18. The van der Waals surface area contributed by atoms with E-state index in [1.54, 1.807) is 30.1 Å². The number of benzene rings is 1. The minimum Gasteiger partial charge on any atom is -0.492 e. The van der Waals surface area contributed by atoms with Crippen molar-refractivity contribution in [2.75, 3.05) is 43.1 Å². The maximum atomic E-state index is 12.6. The molecule has 11 heteroatoms. The van der Waals surface area contributed by atoms with E-state index in [1.807, 2.05) is 17.0 Å². The van der Waals surface area contributed by atoms with Crippen LogP contribution in [0.1, 0.15) is 17.7 Å². The Labute approximate surface area is 190 Å². The molecule has 0 spiro atoms. The Morgan fingerprint density at radius 2 is 2.15 bits per heavy atom. The van der Waals surface area contributed by atoms with Gasteiger partial charge in [-0.15, -0.1) is 0 Å². The van der Waals surface area contributed by atoms with Crippen molar-refractivity contribution in [3.05, 3.63) is 58.5 Å². The summed E-state index contributed by atoms with van der Waals surface area (Å²) in [7, 11) is 0. The number of nitrogens with one attached hydrogen (secondary N) is 2. The van der Waals surface area contributed by atoms with Crippen LogP contribution < -0.4 is 20.5 Å². The predicted molar refractivity (Wildman–Crippen MR) is 122 cm³/mol. The fourth-order valence-electron chi connectivity index (χ4n) is 3.55. The molecule has 1 fully saturated rings. The van der Waals surface area contributed by atoms with Crippen molar-refractivity contribution in [2.45, 2.75) is 26.3 Å². The van der Waals surface area contributed by atoms with Crippen molar-refractivity contribution >= 4 is 17.5 Å². The van der Waals surface area contributed by atoms with Gasteiger partial charge >= 0.3 is 0 Å². The molecule has 174 valence electrons. The number of rotatable bonds is 9. The number of aromatic nitrogens is 5. The molecule has 2 N–H and O–H groups in total. The van der Waals surface area contributed by atoms with E-state index in [0.29, 0.717) is 74.5 Å². The molecule has 0 atom stereocenters. The van der Waals surface area contributed by atoms with Gasteiger partial charge in [0.05, 0.1) is 19.8 Å². The summed E-state index contributed by atoms with van der Waals surface area (Å²) in [4.78, 5) is 38.3. The second-order valence-electron chi connectivity index (χ2n) is 7.64. The van der Waals surface area contributed by atoms with Gasteiger partial charge in [-0.3, -0.25) is 14.6 Å². The number of hydrogen-bond acceptors (Lipinski definition) is 8. The molecule has 11 nitrogen and oxygen atoms in total. The van der Waals surface area contributed by atoms with Crippen molar-refractivity contribution in [1.82, 2.24) is 24.7 Å². The Morgan fingerprint density at radius 1 is 1.30 bits per heavy atom. The van der Waals surface area contributed by atoms with Crippen LogP contribution in [-0.4, -0.2) is 63.5 Å². The molecule has 2 aromatic heterocycles. The molecule has 4 rings (SSSR count). The number of aryl methyl sites for hydroxylation is 1. The van der Waals surface area contributed by atoms with Crippen LogP contribution in [-0.2, 0) is 22.5 Å². The number of morpholine rings is 1. The summed E-state index contributed by atoms with van der Waals surface area (Å²) in [5.41, 5.74) is 1.58. The van der Waals surface area contributed by atoms with Crippen LogP contribution in [0.3, 0.4) is 0 Å². The van der Waals surface area contributed by atoms with Crippen LogP contribution in [0.25, 0.3) is 0 Å². The van der Waals surface area contributed by atoms with E-state index in [9.17, 15) is 9.59 Å². The number of carbonyl (C=O) groups excluding carboxylic acids is 1. The Balaban J connectivity index is 1.29. The molecule has 3 aromatic rings. The average molecular weight is 454 g/mol. The molecule has 1 aliphatic heterocycles. The highest BCUT2D eigenvalue weighted by molar-refractivity contribution is 5.91. The number of nitrogens with zero attached hydrogens (tertiary/aromatic N) is 5. The lowest BCUT2D eigenvalue weighted by molar-refractivity contribution is -0.116. The molecule has 0 aliphatic carbocycles. The Hall–Kier alpha value is -3.73. The smallest absolute Gasteiger partial charge is 0.255 e.